The Labute approximate surface area is 101 Å². The van der Waals surface area contributed by atoms with E-state index in [4.69, 9.17) is 0 Å². The van der Waals surface area contributed by atoms with Crippen LogP contribution in [-0.2, 0) is 0 Å². The summed E-state index contributed by atoms with van der Waals surface area (Å²) < 4.78 is -0.121. The van der Waals surface area contributed by atoms with E-state index >= 15 is 0 Å². The monoisotopic (exact) mass is 232 g/mol. The fourth-order valence-corrected chi connectivity index (χ4v) is 3.67. The molecule has 0 N–H and O–H groups in total. The van der Waals surface area contributed by atoms with E-state index in [0.717, 1.165) is 21.6 Å². The summed E-state index contributed by atoms with van der Waals surface area (Å²) >= 11 is 1.78. The Bertz CT molecular complexity index is 479. The molecule has 16 heavy (non-hydrogen) atoms. The van der Waals surface area contributed by atoms with E-state index in [1.807, 2.05) is 38.1 Å². The maximum atomic E-state index is 12.4. The van der Waals surface area contributed by atoms with Gasteiger partial charge in [-0.15, -0.1) is 11.8 Å². The third-order valence-corrected chi connectivity index (χ3v) is 4.12. The number of allylic oxidation sites excluding steroid dienone is 1. The highest BCUT2D eigenvalue weighted by Crippen LogP contribution is 2.46. The molecule has 0 saturated heterocycles. The van der Waals surface area contributed by atoms with Gasteiger partial charge in [0.05, 0.1) is 0 Å². The zero-order chi connectivity index (χ0) is 11.9. The van der Waals surface area contributed by atoms with Crippen molar-refractivity contribution >= 4 is 17.5 Å². The molecule has 0 bridgehead atoms. The largest absolute Gasteiger partial charge is 0.289 e. The molecule has 2 rings (SSSR count). The summed E-state index contributed by atoms with van der Waals surface area (Å²) in [6.45, 7) is 8.27. The number of ketones is 1. The summed E-state index contributed by atoms with van der Waals surface area (Å²) in [6.07, 6.45) is 0. The molecule has 0 amide bonds. The summed E-state index contributed by atoms with van der Waals surface area (Å²) in [5, 5.41) is 0. The van der Waals surface area contributed by atoms with Crippen molar-refractivity contribution in [1.82, 2.24) is 0 Å². The molecular formula is C14H16OS. The lowest BCUT2D eigenvalue weighted by molar-refractivity contribution is 0.102. The second-order valence-electron chi connectivity index (χ2n) is 4.81. The van der Waals surface area contributed by atoms with Gasteiger partial charge in [0, 0.05) is 20.8 Å². The van der Waals surface area contributed by atoms with Gasteiger partial charge in [0.2, 0.25) is 0 Å². The Kier molecular flexibility index (Phi) is 2.70. The molecular weight excluding hydrogens is 216 g/mol. The summed E-state index contributed by atoms with van der Waals surface area (Å²) in [5.74, 6) is 0.194. The van der Waals surface area contributed by atoms with Crippen LogP contribution < -0.4 is 0 Å². The van der Waals surface area contributed by atoms with Gasteiger partial charge < -0.3 is 0 Å². The van der Waals surface area contributed by atoms with Gasteiger partial charge in [-0.3, -0.25) is 4.79 Å². The molecule has 0 unspecified atom stereocenters. The van der Waals surface area contributed by atoms with E-state index in [-0.39, 0.29) is 10.5 Å². The van der Waals surface area contributed by atoms with Gasteiger partial charge in [0.25, 0.3) is 0 Å². The number of rotatable bonds is 0. The van der Waals surface area contributed by atoms with Crippen molar-refractivity contribution in [3.05, 3.63) is 41.0 Å². The number of carbonyl (C=O) groups is 1. The standard InChI is InChI=1S/C14H16OS/c1-9(2)12-13(15)10-7-5-6-8-11(10)16-14(12,3)4/h5-8H,1-4H3. The van der Waals surface area contributed by atoms with Crippen LogP contribution in [0.4, 0.5) is 0 Å². The molecule has 0 aromatic heterocycles. The van der Waals surface area contributed by atoms with E-state index in [1.165, 1.54) is 0 Å². The normalized spacial score (nSPS) is 18.2. The van der Waals surface area contributed by atoms with Crippen molar-refractivity contribution < 1.29 is 4.79 Å². The molecule has 1 nitrogen and oxygen atoms in total. The number of carbonyl (C=O) groups excluding carboxylic acids is 1. The van der Waals surface area contributed by atoms with Gasteiger partial charge in [-0.1, -0.05) is 17.7 Å². The molecule has 1 heterocycles. The molecule has 0 spiro atoms. The SMILES string of the molecule is CC(C)=C1C(=O)c2ccccc2SC1(C)C. The fourth-order valence-electron chi connectivity index (χ4n) is 2.31. The molecule has 0 saturated carbocycles. The van der Waals surface area contributed by atoms with Gasteiger partial charge in [-0.2, -0.15) is 0 Å². The predicted octanol–water partition coefficient (Wildman–Crippen LogP) is 4.09. The van der Waals surface area contributed by atoms with Crippen molar-refractivity contribution in [3.8, 4) is 0 Å². The average Bonchev–Trinajstić information content (AvgIpc) is 2.15. The highest BCUT2D eigenvalue weighted by molar-refractivity contribution is 8.01. The number of hydrogen-bond donors (Lipinski definition) is 0. The van der Waals surface area contributed by atoms with E-state index in [1.54, 1.807) is 11.8 Å². The molecule has 0 atom stereocenters. The maximum Gasteiger partial charge on any atom is 0.191 e. The minimum absolute atomic E-state index is 0.121. The van der Waals surface area contributed by atoms with E-state index in [2.05, 4.69) is 13.8 Å². The first-order valence-corrected chi connectivity index (χ1v) is 6.26. The molecule has 1 aromatic rings. The van der Waals surface area contributed by atoms with Crippen LogP contribution in [0.2, 0.25) is 0 Å². The zero-order valence-electron chi connectivity index (χ0n) is 10.1. The fraction of sp³-hybridized carbons (Fsp3) is 0.357. The van der Waals surface area contributed by atoms with Crippen LogP contribution in [0, 0.1) is 0 Å². The third kappa shape index (κ3) is 1.71. The number of fused-ring (bicyclic) bond motifs is 1. The molecule has 1 aromatic carbocycles. The third-order valence-electron chi connectivity index (χ3n) is 2.83. The molecule has 1 aliphatic rings. The van der Waals surface area contributed by atoms with Crippen molar-refractivity contribution in [3.63, 3.8) is 0 Å². The van der Waals surface area contributed by atoms with E-state index < -0.39 is 0 Å². The zero-order valence-corrected chi connectivity index (χ0v) is 10.9. The van der Waals surface area contributed by atoms with Gasteiger partial charge in [0.1, 0.15) is 0 Å². The first-order chi connectivity index (χ1) is 7.43. The summed E-state index contributed by atoms with van der Waals surface area (Å²) in [5.41, 5.74) is 2.93. The van der Waals surface area contributed by atoms with Crippen molar-refractivity contribution in [1.29, 1.82) is 0 Å². The van der Waals surface area contributed by atoms with Crippen LogP contribution in [-0.4, -0.2) is 10.5 Å². The molecule has 2 heteroatoms. The van der Waals surface area contributed by atoms with Crippen LogP contribution in [0.5, 0.6) is 0 Å². The van der Waals surface area contributed by atoms with Gasteiger partial charge in [-0.05, 0) is 39.8 Å². The summed E-state index contributed by atoms with van der Waals surface area (Å²) in [6, 6.07) is 7.87. The van der Waals surface area contributed by atoms with Gasteiger partial charge >= 0.3 is 0 Å². The Morgan fingerprint density at radius 1 is 1.19 bits per heavy atom. The Balaban J connectivity index is 2.66. The van der Waals surface area contributed by atoms with Crippen LogP contribution in [0.1, 0.15) is 38.1 Å². The summed E-state index contributed by atoms with van der Waals surface area (Å²) in [7, 11) is 0. The molecule has 1 aliphatic heterocycles. The number of Topliss-reactive ketones (excluding diaryl/α,β-unsaturated/α-hetero) is 1. The van der Waals surface area contributed by atoms with E-state index in [0.29, 0.717) is 0 Å². The summed E-state index contributed by atoms with van der Waals surface area (Å²) in [4.78, 5) is 13.5. The minimum Gasteiger partial charge on any atom is -0.289 e. The molecule has 84 valence electrons. The number of benzene rings is 1. The van der Waals surface area contributed by atoms with Crippen LogP contribution in [0.15, 0.2) is 40.3 Å². The second-order valence-corrected chi connectivity index (χ2v) is 6.48. The van der Waals surface area contributed by atoms with Crippen molar-refractivity contribution in [2.24, 2.45) is 0 Å². The maximum absolute atomic E-state index is 12.4. The lowest BCUT2D eigenvalue weighted by Crippen LogP contribution is -2.30. The van der Waals surface area contributed by atoms with Crippen molar-refractivity contribution in [2.45, 2.75) is 37.3 Å². The lowest BCUT2D eigenvalue weighted by atomic mass is 9.89. The minimum atomic E-state index is -0.121. The van der Waals surface area contributed by atoms with E-state index in [9.17, 15) is 4.79 Å². The Hall–Kier alpha value is -1.02. The molecule has 0 fully saturated rings. The highest BCUT2D eigenvalue weighted by Gasteiger charge is 2.37. The second kappa shape index (κ2) is 3.77. The Morgan fingerprint density at radius 3 is 2.44 bits per heavy atom. The lowest BCUT2D eigenvalue weighted by Gasteiger charge is -2.33. The topological polar surface area (TPSA) is 17.1 Å². The highest BCUT2D eigenvalue weighted by atomic mass is 32.2. The predicted molar refractivity (Wildman–Crippen MR) is 69.1 cm³/mol. The average molecular weight is 232 g/mol. The molecule has 0 aliphatic carbocycles. The number of hydrogen-bond acceptors (Lipinski definition) is 2. The van der Waals surface area contributed by atoms with Gasteiger partial charge in [-0.25, -0.2) is 0 Å². The van der Waals surface area contributed by atoms with Crippen LogP contribution in [0.25, 0.3) is 0 Å². The first kappa shape index (κ1) is 11.5. The number of thioether (sulfide) groups is 1. The van der Waals surface area contributed by atoms with Gasteiger partial charge in [0.15, 0.2) is 5.78 Å². The van der Waals surface area contributed by atoms with Crippen LogP contribution >= 0.6 is 11.8 Å². The smallest absolute Gasteiger partial charge is 0.191 e. The first-order valence-electron chi connectivity index (χ1n) is 5.44. The quantitative estimate of drug-likeness (QED) is 0.627. The Morgan fingerprint density at radius 2 is 1.81 bits per heavy atom. The van der Waals surface area contributed by atoms with Crippen LogP contribution in [0.3, 0.4) is 0 Å². The molecule has 0 radical (unpaired) electrons. The van der Waals surface area contributed by atoms with Crippen molar-refractivity contribution in [2.75, 3.05) is 0 Å².